The fourth-order valence-corrected chi connectivity index (χ4v) is 4.71. The molecule has 9 nitrogen and oxygen atoms in total. The zero-order chi connectivity index (χ0) is 25.4. The number of hydrogen-bond acceptors (Lipinski definition) is 6. The summed E-state index contributed by atoms with van der Waals surface area (Å²) < 4.78 is 1.33. The van der Waals surface area contributed by atoms with Gasteiger partial charge in [-0.2, -0.15) is 0 Å². The second-order valence-electron chi connectivity index (χ2n) is 9.39. The van der Waals surface area contributed by atoms with Crippen LogP contribution in [0.15, 0.2) is 33.9 Å². The number of rotatable bonds is 11. The highest BCUT2D eigenvalue weighted by molar-refractivity contribution is 5.96. The topological polar surface area (TPSA) is 108 Å². The van der Waals surface area contributed by atoms with Crippen LogP contribution in [0.4, 0.5) is 17.2 Å². The molecule has 9 heteroatoms. The lowest BCUT2D eigenvalue weighted by Gasteiger charge is -2.32. The summed E-state index contributed by atoms with van der Waals surface area (Å²) in [5, 5.41) is 0. The van der Waals surface area contributed by atoms with Gasteiger partial charge in [0.2, 0.25) is 5.91 Å². The number of unbranched alkanes of at least 4 members (excludes halogenated alkanes) is 1. The van der Waals surface area contributed by atoms with Gasteiger partial charge >= 0.3 is 5.69 Å². The fourth-order valence-electron chi connectivity index (χ4n) is 4.71. The van der Waals surface area contributed by atoms with Crippen LogP contribution in [-0.2, 0) is 17.9 Å². The fraction of sp³-hybridized carbons (Fsp3) is 0.577. The summed E-state index contributed by atoms with van der Waals surface area (Å²) in [5.41, 5.74) is 7.57. The third kappa shape index (κ3) is 6.54. The molecule has 0 saturated carbocycles. The summed E-state index contributed by atoms with van der Waals surface area (Å²) >= 11 is 0. The zero-order valence-electron chi connectivity index (χ0n) is 21.4. The Hall–Kier alpha value is -3.07. The zero-order valence-corrected chi connectivity index (χ0v) is 21.4. The molecule has 2 aromatic rings. The lowest BCUT2D eigenvalue weighted by Crippen LogP contribution is -2.45. The molecule has 1 aromatic carbocycles. The molecule has 35 heavy (non-hydrogen) atoms. The molecule has 1 aliphatic rings. The summed E-state index contributed by atoms with van der Waals surface area (Å²) in [4.78, 5) is 46.7. The lowest BCUT2D eigenvalue weighted by molar-refractivity contribution is -0.119. The Morgan fingerprint density at radius 2 is 1.80 bits per heavy atom. The van der Waals surface area contributed by atoms with E-state index in [0.29, 0.717) is 26.1 Å². The normalized spacial score (nSPS) is 13.9. The number of anilines is 3. The molecule has 192 valence electrons. The molecule has 0 aliphatic carbocycles. The first-order valence-corrected chi connectivity index (χ1v) is 12.8. The van der Waals surface area contributed by atoms with Crippen molar-refractivity contribution in [2.24, 2.45) is 0 Å². The smallest absolute Gasteiger partial charge is 0.330 e. The van der Waals surface area contributed by atoms with Crippen LogP contribution in [0.3, 0.4) is 0 Å². The molecular weight excluding hydrogens is 444 g/mol. The number of para-hydroxylation sites is 1. The van der Waals surface area contributed by atoms with E-state index < -0.39 is 11.2 Å². The average Bonchev–Trinajstić information content (AvgIpc) is 2.84. The molecule has 1 amide bonds. The minimum Gasteiger partial charge on any atom is -0.383 e. The Labute approximate surface area is 207 Å². The maximum atomic E-state index is 13.5. The quantitative estimate of drug-likeness (QED) is 0.508. The largest absolute Gasteiger partial charge is 0.383 e. The molecule has 0 bridgehead atoms. The second-order valence-corrected chi connectivity index (χ2v) is 9.39. The van der Waals surface area contributed by atoms with Crippen molar-refractivity contribution in [3.8, 4) is 0 Å². The molecule has 0 spiro atoms. The summed E-state index contributed by atoms with van der Waals surface area (Å²) in [6, 6.07) is 8.36. The average molecular weight is 485 g/mol. The number of likely N-dealkylation sites (N-methyl/N-ethyl adjacent to an activating group) is 1. The van der Waals surface area contributed by atoms with E-state index in [2.05, 4.69) is 28.1 Å². The lowest BCUT2D eigenvalue weighted by atomic mass is 10.1. The Balaban J connectivity index is 1.82. The molecule has 1 fully saturated rings. The highest BCUT2D eigenvalue weighted by Crippen LogP contribution is 2.25. The molecule has 1 aliphatic heterocycles. The van der Waals surface area contributed by atoms with E-state index in [0.717, 1.165) is 25.9 Å². The molecule has 0 radical (unpaired) electrons. The number of nitrogens with one attached hydrogen (secondary N) is 1. The van der Waals surface area contributed by atoms with Crippen LogP contribution in [0.5, 0.6) is 0 Å². The van der Waals surface area contributed by atoms with E-state index in [4.69, 9.17) is 5.73 Å². The van der Waals surface area contributed by atoms with Gasteiger partial charge in [0.15, 0.2) is 5.69 Å². The van der Waals surface area contributed by atoms with Gasteiger partial charge in [0.1, 0.15) is 5.82 Å². The van der Waals surface area contributed by atoms with E-state index in [-0.39, 0.29) is 24.0 Å². The number of carbonyl (C=O) groups is 1. The molecular formula is C26H40N6O3. The SMILES string of the molecule is CCCCN(C(=O)CN(C)Cc1ccccc1N1CCCCC1)c1c(N)n(CCC)c(=O)[nH]c1=O. The minimum atomic E-state index is -0.623. The standard InChI is InChI=1S/C26H40N6O3/c1-4-6-17-31(23-24(27)32(14-5-2)26(35)28-25(23)34)22(33)19-29(3)18-20-12-8-9-13-21(20)30-15-10-7-11-16-30/h8-9,12-13H,4-7,10-11,14-19,27H2,1-3H3,(H,28,34,35). The monoisotopic (exact) mass is 484 g/mol. The number of nitrogens with zero attached hydrogens (tertiary/aromatic N) is 4. The van der Waals surface area contributed by atoms with Crippen molar-refractivity contribution in [3.05, 3.63) is 50.7 Å². The number of amides is 1. The van der Waals surface area contributed by atoms with E-state index in [1.54, 1.807) is 0 Å². The molecule has 3 rings (SSSR count). The van der Waals surface area contributed by atoms with Gasteiger partial charge in [0, 0.05) is 38.4 Å². The van der Waals surface area contributed by atoms with Gasteiger partial charge < -0.3 is 15.5 Å². The van der Waals surface area contributed by atoms with E-state index in [1.165, 1.54) is 40.0 Å². The van der Waals surface area contributed by atoms with Crippen molar-refractivity contribution in [1.29, 1.82) is 0 Å². The van der Waals surface area contributed by atoms with Gasteiger partial charge in [0.05, 0.1) is 6.54 Å². The van der Waals surface area contributed by atoms with Crippen molar-refractivity contribution >= 4 is 23.1 Å². The second kappa shape index (κ2) is 12.6. The third-order valence-electron chi connectivity index (χ3n) is 6.50. The molecule has 3 N–H and O–H groups in total. The molecule has 2 heterocycles. The van der Waals surface area contributed by atoms with Crippen molar-refractivity contribution < 1.29 is 4.79 Å². The highest BCUT2D eigenvalue weighted by atomic mass is 16.2. The van der Waals surface area contributed by atoms with Crippen molar-refractivity contribution in [2.75, 3.05) is 48.8 Å². The van der Waals surface area contributed by atoms with Crippen LogP contribution in [0, 0.1) is 0 Å². The number of carbonyl (C=O) groups excluding carboxylic acids is 1. The molecule has 1 aromatic heterocycles. The van der Waals surface area contributed by atoms with Crippen LogP contribution >= 0.6 is 0 Å². The van der Waals surface area contributed by atoms with Crippen LogP contribution in [0.2, 0.25) is 0 Å². The highest BCUT2D eigenvalue weighted by Gasteiger charge is 2.25. The first-order chi connectivity index (χ1) is 16.9. The van der Waals surface area contributed by atoms with E-state index in [1.807, 2.05) is 31.9 Å². The van der Waals surface area contributed by atoms with Gasteiger partial charge in [-0.05, 0) is 50.8 Å². The molecule has 1 saturated heterocycles. The maximum Gasteiger partial charge on any atom is 0.330 e. The van der Waals surface area contributed by atoms with Gasteiger partial charge in [-0.15, -0.1) is 0 Å². The summed E-state index contributed by atoms with van der Waals surface area (Å²) in [6.45, 7) is 7.54. The summed E-state index contributed by atoms with van der Waals surface area (Å²) in [5.74, 6) is -0.168. The van der Waals surface area contributed by atoms with Crippen molar-refractivity contribution in [1.82, 2.24) is 14.5 Å². The van der Waals surface area contributed by atoms with Gasteiger partial charge in [-0.1, -0.05) is 38.5 Å². The number of benzene rings is 1. The number of nitrogen functional groups attached to an aromatic ring is 1. The van der Waals surface area contributed by atoms with E-state index in [9.17, 15) is 14.4 Å². The number of aromatic amines is 1. The van der Waals surface area contributed by atoms with Crippen LogP contribution in [0.25, 0.3) is 0 Å². The molecule has 0 atom stereocenters. The molecule has 0 unspecified atom stereocenters. The third-order valence-corrected chi connectivity index (χ3v) is 6.50. The first kappa shape index (κ1) is 26.5. The first-order valence-electron chi connectivity index (χ1n) is 12.8. The number of H-pyrrole nitrogens is 1. The Morgan fingerprint density at radius 3 is 2.49 bits per heavy atom. The minimum absolute atomic E-state index is 0.0446. The summed E-state index contributed by atoms with van der Waals surface area (Å²) in [7, 11) is 1.91. The van der Waals surface area contributed by atoms with Gasteiger partial charge in [-0.3, -0.25) is 24.0 Å². The van der Waals surface area contributed by atoms with Crippen molar-refractivity contribution in [2.45, 2.75) is 65.5 Å². The number of nitrogens with two attached hydrogens (primary N) is 1. The van der Waals surface area contributed by atoms with Gasteiger partial charge in [-0.25, -0.2) is 4.79 Å². The number of aromatic nitrogens is 2. The predicted molar refractivity (Wildman–Crippen MR) is 142 cm³/mol. The van der Waals surface area contributed by atoms with Crippen molar-refractivity contribution in [3.63, 3.8) is 0 Å². The van der Waals surface area contributed by atoms with E-state index >= 15 is 0 Å². The van der Waals surface area contributed by atoms with Crippen LogP contribution in [0.1, 0.15) is 57.9 Å². The van der Waals surface area contributed by atoms with Gasteiger partial charge in [0.25, 0.3) is 5.56 Å². The van der Waals surface area contributed by atoms with Crippen LogP contribution in [-0.4, -0.2) is 53.6 Å². The Bertz CT molecular complexity index is 1100. The predicted octanol–water partition coefficient (Wildman–Crippen LogP) is 2.78. The van der Waals surface area contributed by atoms with Crippen LogP contribution < -0.4 is 26.8 Å². The summed E-state index contributed by atoms with van der Waals surface area (Å²) in [6.07, 6.45) is 5.93. The Morgan fingerprint density at radius 1 is 1.09 bits per heavy atom. The number of piperidine rings is 1. The maximum absolute atomic E-state index is 13.5. The Kier molecular flexibility index (Phi) is 9.54. The number of hydrogen-bond donors (Lipinski definition) is 2.